The lowest BCUT2D eigenvalue weighted by Gasteiger charge is -1.99. The van der Waals surface area contributed by atoms with Gasteiger partial charge >= 0.3 is 11.9 Å². The average Bonchev–Trinajstić information content (AvgIpc) is 1.85. The highest BCUT2D eigenvalue weighted by Gasteiger charge is 2.14. The van der Waals surface area contributed by atoms with Crippen LogP contribution in [0.25, 0.3) is 0 Å². The first kappa shape index (κ1) is 4.75. The molecule has 0 aromatic rings. The van der Waals surface area contributed by atoms with Crippen molar-refractivity contribution in [3.63, 3.8) is 0 Å². The van der Waals surface area contributed by atoms with E-state index < -0.39 is 24.4 Å². The van der Waals surface area contributed by atoms with Gasteiger partial charge in [-0.25, -0.2) is 0 Å². The molecule has 9 heavy (non-hydrogen) atoms. The fourth-order valence-electron chi connectivity index (χ4n) is 0.195. The van der Waals surface area contributed by atoms with Crippen LogP contribution < -0.4 is 5.73 Å². The molecular formula is C4H7NO4. The molecule has 0 aliphatic rings. The summed E-state index contributed by atoms with van der Waals surface area (Å²) in [5, 5.41) is 16.3. The Bertz CT molecular complexity index is 193. The van der Waals surface area contributed by atoms with Gasteiger partial charge in [-0.3, -0.25) is 9.59 Å². The number of carbonyl (C=O) groups is 2. The van der Waals surface area contributed by atoms with E-state index >= 15 is 0 Å². The summed E-state index contributed by atoms with van der Waals surface area (Å²) in [5.41, 5.74) is 4.74. The molecule has 0 amide bonds. The summed E-state index contributed by atoms with van der Waals surface area (Å²) in [4.78, 5) is 20.1. The number of carboxylic acid groups (broad SMARTS) is 2. The molecule has 0 aliphatic carbocycles. The van der Waals surface area contributed by atoms with Crippen molar-refractivity contribution >= 4 is 11.9 Å². The fourth-order valence-corrected chi connectivity index (χ4v) is 0.195. The third kappa shape index (κ3) is 3.48. The van der Waals surface area contributed by atoms with Gasteiger partial charge in [0.05, 0.1) is 6.37 Å². The van der Waals surface area contributed by atoms with Crippen molar-refractivity contribution in [1.29, 1.82) is 0 Å². The molecular weight excluding hydrogens is 126 g/mol. The van der Waals surface area contributed by atoms with Crippen LogP contribution in [0.3, 0.4) is 0 Å². The van der Waals surface area contributed by atoms with E-state index in [0.29, 0.717) is 0 Å². The second-order valence-corrected chi connectivity index (χ2v) is 1.27. The largest absolute Gasteiger partial charge is 0.481 e. The molecule has 0 aliphatic heterocycles. The quantitative estimate of drug-likeness (QED) is 0.454. The van der Waals surface area contributed by atoms with Crippen LogP contribution >= 0.6 is 0 Å². The van der Waals surface area contributed by atoms with Crippen molar-refractivity contribution in [3.8, 4) is 0 Å². The predicted octanol–water partition coefficient (Wildman–Crippen LogP) is -1.13. The monoisotopic (exact) mass is 135 g/mol. The summed E-state index contributed by atoms with van der Waals surface area (Å²) in [7, 11) is 0. The smallest absolute Gasteiger partial charge is 0.321 e. The zero-order chi connectivity index (χ0) is 9.23. The Morgan fingerprint density at radius 3 is 2.22 bits per heavy atom. The van der Waals surface area contributed by atoms with Crippen LogP contribution in [-0.4, -0.2) is 28.2 Å². The maximum absolute atomic E-state index is 10.0. The number of aliphatic carboxylic acids is 2. The zero-order valence-corrected chi connectivity index (χ0v) is 4.37. The standard InChI is InChI=1S/C4H7NO4/c5-2(4(8)9)1-3(6)7/h2H,1,5H2,(H,6,7)(H,8,9)/t2-/m0/s1/i1D2. The Labute approximate surface area is 53.9 Å². The molecule has 0 rings (SSSR count). The molecule has 1 atom stereocenters. The summed E-state index contributed by atoms with van der Waals surface area (Å²) in [5.74, 6) is -3.56. The molecule has 0 fully saturated rings. The summed E-state index contributed by atoms with van der Waals surface area (Å²) in [6.45, 7) is 0. The third-order valence-corrected chi connectivity index (χ3v) is 0.545. The Hall–Kier alpha value is -1.10. The van der Waals surface area contributed by atoms with E-state index in [1.807, 2.05) is 0 Å². The van der Waals surface area contributed by atoms with Gasteiger partial charge in [-0.2, -0.15) is 0 Å². The van der Waals surface area contributed by atoms with E-state index in [1.54, 1.807) is 0 Å². The minimum atomic E-state index is -2.92. The summed E-state index contributed by atoms with van der Waals surface area (Å²) >= 11 is 0. The normalized spacial score (nSPS) is 17.4. The number of hydrogen-bond acceptors (Lipinski definition) is 3. The lowest BCUT2D eigenvalue weighted by molar-refractivity contribution is -0.144. The van der Waals surface area contributed by atoms with E-state index in [2.05, 4.69) is 0 Å². The van der Waals surface area contributed by atoms with Gasteiger partial charge in [0.2, 0.25) is 0 Å². The molecule has 52 valence electrons. The van der Waals surface area contributed by atoms with E-state index in [-0.39, 0.29) is 0 Å². The highest BCUT2D eigenvalue weighted by atomic mass is 16.4. The first-order valence-corrected chi connectivity index (χ1v) is 2.02. The van der Waals surface area contributed by atoms with Gasteiger partial charge in [0, 0.05) is 2.74 Å². The summed E-state index contributed by atoms with van der Waals surface area (Å²) < 4.78 is 13.4. The van der Waals surface area contributed by atoms with E-state index in [1.165, 1.54) is 0 Å². The Balaban J connectivity index is 4.55. The molecule has 4 N–H and O–H groups in total. The second-order valence-electron chi connectivity index (χ2n) is 1.27. The van der Waals surface area contributed by atoms with Gasteiger partial charge in [-0.05, 0) is 0 Å². The second kappa shape index (κ2) is 3.03. The maximum atomic E-state index is 10.0. The predicted molar refractivity (Wildman–Crippen MR) is 27.9 cm³/mol. The number of carboxylic acids is 2. The van der Waals surface area contributed by atoms with Gasteiger partial charge in [-0.15, -0.1) is 0 Å². The zero-order valence-electron chi connectivity index (χ0n) is 6.37. The topological polar surface area (TPSA) is 101 Å². The summed E-state index contributed by atoms with van der Waals surface area (Å²) in [6.07, 6.45) is -2.92. The Morgan fingerprint density at radius 1 is 1.67 bits per heavy atom. The Kier molecular flexibility index (Phi) is 1.60. The third-order valence-electron chi connectivity index (χ3n) is 0.545. The Morgan fingerprint density at radius 2 is 2.11 bits per heavy atom. The number of hydrogen-bond donors (Lipinski definition) is 3. The van der Waals surface area contributed by atoms with Crippen LogP contribution in [0.15, 0.2) is 0 Å². The van der Waals surface area contributed by atoms with Gasteiger partial charge in [0.15, 0.2) is 0 Å². The molecule has 5 heteroatoms. The van der Waals surface area contributed by atoms with Gasteiger partial charge in [0.1, 0.15) is 6.04 Å². The minimum Gasteiger partial charge on any atom is -0.481 e. The van der Waals surface area contributed by atoms with Crippen LogP contribution in [0.2, 0.25) is 0 Å². The van der Waals surface area contributed by atoms with E-state index in [0.717, 1.165) is 0 Å². The van der Waals surface area contributed by atoms with Crippen molar-refractivity contribution in [3.05, 3.63) is 0 Å². The van der Waals surface area contributed by atoms with E-state index in [9.17, 15) is 9.59 Å². The van der Waals surface area contributed by atoms with Gasteiger partial charge < -0.3 is 15.9 Å². The minimum absolute atomic E-state index is 1.68. The first-order valence-electron chi connectivity index (χ1n) is 3.02. The molecule has 0 spiro atoms. The van der Waals surface area contributed by atoms with E-state index in [4.69, 9.17) is 18.7 Å². The summed E-state index contributed by atoms with van der Waals surface area (Å²) in [6, 6.07) is -2.04. The van der Waals surface area contributed by atoms with Crippen LogP contribution in [0.5, 0.6) is 0 Å². The molecule has 0 unspecified atom stereocenters. The van der Waals surface area contributed by atoms with Crippen molar-refractivity contribution in [2.24, 2.45) is 5.73 Å². The van der Waals surface area contributed by atoms with Crippen LogP contribution in [0, 0.1) is 0 Å². The number of rotatable bonds is 3. The van der Waals surface area contributed by atoms with Crippen molar-refractivity contribution < 1.29 is 22.5 Å². The molecule has 0 aromatic heterocycles. The van der Waals surface area contributed by atoms with Gasteiger partial charge in [-0.1, -0.05) is 0 Å². The molecule has 0 saturated heterocycles. The van der Waals surface area contributed by atoms with Crippen molar-refractivity contribution in [1.82, 2.24) is 0 Å². The maximum Gasteiger partial charge on any atom is 0.321 e. The van der Waals surface area contributed by atoms with Crippen LogP contribution in [0.4, 0.5) is 0 Å². The SMILES string of the molecule is [2H]C([2H])(C(=O)O)[C@H](N)C(=O)O. The number of nitrogens with two attached hydrogens (primary N) is 1. The lowest BCUT2D eigenvalue weighted by atomic mass is 10.2. The highest BCUT2D eigenvalue weighted by molar-refractivity contribution is 5.80. The first-order chi connectivity index (χ1) is 4.80. The average molecular weight is 135 g/mol. The fraction of sp³-hybridized carbons (Fsp3) is 0.500. The van der Waals surface area contributed by atoms with Gasteiger partial charge in [0.25, 0.3) is 0 Å². The highest BCUT2D eigenvalue weighted by Crippen LogP contribution is 1.86. The molecule has 0 heterocycles. The molecule has 0 saturated carbocycles. The molecule has 0 radical (unpaired) electrons. The van der Waals surface area contributed by atoms with Crippen molar-refractivity contribution in [2.45, 2.75) is 12.4 Å². The molecule has 0 bridgehead atoms. The van der Waals surface area contributed by atoms with Crippen LogP contribution in [-0.2, 0) is 9.59 Å². The molecule has 5 nitrogen and oxygen atoms in total. The van der Waals surface area contributed by atoms with Crippen LogP contribution in [0.1, 0.15) is 9.11 Å². The molecule has 0 aromatic carbocycles. The van der Waals surface area contributed by atoms with Crippen molar-refractivity contribution in [2.75, 3.05) is 0 Å². The lowest BCUT2D eigenvalue weighted by Crippen LogP contribution is -2.32.